The minimum absolute atomic E-state index is 0.694. The van der Waals surface area contributed by atoms with Crippen LogP contribution in [-0.2, 0) is 13.1 Å². The SMILES string of the molecule is CN=C(NCc1cccc(C)c1)NCC1CCN(Cc2ccc(OC)cc2)CC1. The molecule has 5 nitrogen and oxygen atoms in total. The van der Waals surface area contributed by atoms with E-state index in [1.807, 2.05) is 19.2 Å². The number of rotatable bonds is 7. The molecule has 0 spiro atoms. The maximum absolute atomic E-state index is 5.24. The molecular weight excluding hydrogens is 360 g/mol. The lowest BCUT2D eigenvalue weighted by molar-refractivity contribution is 0.178. The molecule has 1 aliphatic rings. The number of piperidine rings is 1. The zero-order chi connectivity index (χ0) is 20.5. The van der Waals surface area contributed by atoms with Gasteiger partial charge in [-0.05, 0) is 62.0 Å². The van der Waals surface area contributed by atoms with E-state index in [0.29, 0.717) is 5.92 Å². The highest BCUT2D eigenvalue weighted by Gasteiger charge is 2.19. The van der Waals surface area contributed by atoms with Crippen LogP contribution in [0.25, 0.3) is 0 Å². The number of methoxy groups -OCH3 is 1. The van der Waals surface area contributed by atoms with Crippen molar-refractivity contribution in [3.05, 3.63) is 65.2 Å². The Labute approximate surface area is 175 Å². The molecule has 0 unspecified atom stereocenters. The van der Waals surface area contributed by atoms with E-state index in [1.165, 1.54) is 29.5 Å². The van der Waals surface area contributed by atoms with E-state index in [1.54, 1.807) is 7.11 Å². The molecule has 0 bridgehead atoms. The Morgan fingerprint density at radius 1 is 1.07 bits per heavy atom. The van der Waals surface area contributed by atoms with Crippen molar-refractivity contribution >= 4 is 5.96 Å². The monoisotopic (exact) mass is 394 g/mol. The van der Waals surface area contributed by atoms with Crippen molar-refractivity contribution in [1.82, 2.24) is 15.5 Å². The fourth-order valence-corrected chi connectivity index (χ4v) is 3.81. The molecule has 0 saturated carbocycles. The normalized spacial score (nSPS) is 15.9. The molecule has 1 fully saturated rings. The van der Waals surface area contributed by atoms with Gasteiger partial charge in [-0.1, -0.05) is 42.0 Å². The molecule has 156 valence electrons. The molecular formula is C24H34N4O. The topological polar surface area (TPSA) is 48.9 Å². The fourth-order valence-electron chi connectivity index (χ4n) is 3.81. The standard InChI is InChI=1S/C24H34N4O/c1-19-5-4-6-22(15-19)17-27-24(25-2)26-16-20-11-13-28(14-12-20)18-21-7-9-23(29-3)10-8-21/h4-10,15,20H,11-14,16-18H2,1-3H3,(H2,25,26,27). The second kappa shape index (κ2) is 10.9. The summed E-state index contributed by atoms with van der Waals surface area (Å²) in [7, 11) is 3.55. The van der Waals surface area contributed by atoms with Crippen LogP contribution in [-0.4, -0.2) is 44.7 Å². The maximum atomic E-state index is 5.24. The van der Waals surface area contributed by atoms with E-state index in [0.717, 1.165) is 44.4 Å². The Morgan fingerprint density at radius 2 is 1.83 bits per heavy atom. The first kappa shape index (κ1) is 21.2. The van der Waals surface area contributed by atoms with Crippen molar-refractivity contribution in [1.29, 1.82) is 0 Å². The number of likely N-dealkylation sites (tertiary alicyclic amines) is 1. The average molecular weight is 395 g/mol. The van der Waals surface area contributed by atoms with E-state index in [2.05, 4.69) is 63.8 Å². The molecule has 3 rings (SSSR count). The summed E-state index contributed by atoms with van der Waals surface area (Å²) in [5, 5.41) is 6.93. The van der Waals surface area contributed by atoms with Crippen molar-refractivity contribution in [3.8, 4) is 5.75 Å². The zero-order valence-electron chi connectivity index (χ0n) is 17.9. The Kier molecular flexibility index (Phi) is 7.94. The predicted octanol–water partition coefficient (Wildman–Crippen LogP) is 3.58. The summed E-state index contributed by atoms with van der Waals surface area (Å²) in [5.74, 6) is 2.50. The highest BCUT2D eigenvalue weighted by Crippen LogP contribution is 2.19. The molecule has 0 radical (unpaired) electrons. The molecule has 29 heavy (non-hydrogen) atoms. The second-order valence-corrected chi connectivity index (χ2v) is 7.86. The third-order valence-electron chi connectivity index (χ3n) is 5.60. The molecule has 5 heteroatoms. The smallest absolute Gasteiger partial charge is 0.191 e. The average Bonchev–Trinajstić information content (AvgIpc) is 2.75. The quantitative estimate of drug-likeness (QED) is 0.557. The molecule has 2 aromatic carbocycles. The van der Waals surface area contributed by atoms with E-state index in [4.69, 9.17) is 4.74 Å². The minimum Gasteiger partial charge on any atom is -0.497 e. The number of guanidine groups is 1. The van der Waals surface area contributed by atoms with Crippen LogP contribution >= 0.6 is 0 Å². The highest BCUT2D eigenvalue weighted by atomic mass is 16.5. The van der Waals surface area contributed by atoms with Crippen LogP contribution in [0.1, 0.15) is 29.5 Å². The van der Waals surface area contributed by atoms with Crippen molar-refractivity contribution in [2.75, 3.05) is 33.8 Å². The van der Waals surface area contributed by atoms with Gasteiger partial charge < -0.3 is 15.4 Å². The summed E-state index contributed by atoms with van der Waals surface area (Å²) in [6.45, 7) is 7.20. The number of aliphatic imine (C=N–C) groups is 1. The third kappa shape index (κ3) is 6.79. The summed E-state index contributed by atoms with van der Waals surface area (Å²) >= 11 is 0. The number of benzene rings is 2. The van der Waals surface area contributed by atoms with E-state index in [-0.39, 0.29) is 0 Å². The first-order chi connectivity index (χ1) is 14.2. The van der Waals surface area contributed by atoms with Gasteiger partial charge in [0.15, 0.2) is 5.96 Å². The Morgan fingerprint density at radius 3 is 2.48 bits per heavy atom. The van der Waals surface area contributed by atoms with E-state index in [9.17, 15) is 0 Å². The molecule has 0 amide bonds. The number of nitrogens with zero attached hydrogens (tertiary/aromatic N) is 2. The molecule has 0 aliphatic carbocycles. The van der Waals surface area contributed by atoms with Crippen molar-refractivity contribution in [3.63, 3.8) is 0 Å². The van der Waals surface area contributed by atoms with E-state index >= 15 is 0 Å². The summed E-state index contributed by atoms with van der Waals surface area (Å²) in [5.41, 5.74) is 3.91. The molecule has 1 aliphatic heterocycles. The van der Waals surface area contributed by atoms with Gasteiger partial charge in [-0.3, -0.25) is 9.89 Å². The lowest BCUT2D eigenvalue weighted by atomic mass is 9.96. The highest BCUT2D eigenvalue weighted by molar-refractivity contribution is 5.79. The van der Waals surface area contributed by atoms with Crippen molar-refractivity contribution in [2.24, 2.45) is 10.9 Å². The summed E-state index contributed by atoms with van der Waals surface area (Å²) in [4.78, 5) is 6.91. The number of ether oxygens (including phenoxy) is 1. The lowest BCUT2D eigenvalue weighted by Gasteiger charge is -2.32. The van der Waals surface area contributed by atoms with Gasteiger partial charge in [0.05, 0.1) is 7.11 Å². The van der Waals surface area contributed by atoms with Crippen LogP contribution in [0.15, 0.2) is 53.5 Å². The Balaban J connectivity index is 1.37. The molecule has 0 aromatic heterocycles. The summed E-state index contributed by atoms with van der Waals surface area (Å²) < 4.78 is 5.24. The van der Waals surface area contributed by atoms with Crippen LogP contribution in [0.5, 0.6) is 5.75 Å². The summed E-state index contributed by atoms with van der Waals surface area (Å²) in [6.07, 6.45) is 2.44. The second-order valence-electron chi connectivity index (χ2n) is 7.86. The molecule has 0 atom stereocenters. The van der Waals surface area contributed by atoms with Gasteiger partial charge in [0.25, 0.3) is 0 Å². The van der Waals surface area contributed by atoms with Gasteiger partial charge in [-0.2, -0.15) is 0 Å². The maximum Gasteiger partial charge on any atom is 0.191 e. The van der Waals surface area contributed by atoms with Crippen LogP contribution < -0.4 is 15.4 Å². The molecule has 2 aromatic rings. The molecule has 1 heterocycles. The Bertz CT molecular complexity index is 780. The zero-order valence-corrected chi connectivity index (χ0v) is 17.9. The Hall–Kier alpha value is -2.53. The first-order valence-corrected chi connectivity index (χ1v) is 10.5. The lowest BCUT2D eigenvalue weighted by Crippen LogP contribution is -2.42. The van der Waals surface area contributed by atoms with Gasteiger partial charge in [0.2, 0.25) is 0 Å². The number of hydrogen-bond acceptors (Lipinski definition) is 3. The molecule has 1 saturated heterocycles. The van der Waals surface area contributed by atoms with Gasteiger partial charge in [0.1, 0.15) is 5.75 Å². The number of hydrogen-bond donors (Lipinski definition) is 2. The third-order valence-corrected chi connectivity index (χ3v) is 5.60. The minimum atomic E-state index is 0.694. The van der Waals surface area contributed by atoms with Crippen LogP contribution in [0.3, 0.4) is 0 Å². The van der Waals surface area contributed by atoms with Gasteiger partial charge in [-0.15, -0.1) is 0 Å². The van der Waals surface area contributed by atoms with Gasteiger partial charge in [-0.25, -0.2) is 0 Å². The first-order valence-electron chi connectivity index (χ1n) is 10.5. The van der Waals surface area contributed by atoms with Crippen LogP contribution in [0.4, 0.5) is 0 Å². The van der Waals surface area contributed by atoms with Crippen LogP contribution in [0, 0.1) is 12.8 Å². The van der Waals surface area contributed by atoms with Gasteiger partial charge >= 0.3 is 0 Å². The molecule has 2 N–H and O–H groups in total. The van der Waals surface area contributed by atoms with Crippen molar-refractivity contribution < 1.29 is 4.74 Å². The van der Waals surface area contributed by atoms with Gasteiger partial charge in [0, 0.05) is 26.7 Å². The predicted molar refractivity (Wildman–Crippen MR) is 120 cm³/mol. The fraction of sp³-hybridized carbons (Fsp3) is 0.458. The van der Waals surface area contributed by atoms with Crippen LogP contribution in [0.2, 0.25) is 0 Å². The largest absolute Gasteiger partial charge is 0.497 e. The van der Waals surface area contributed by atoms with Crippen molar-refractivity contribution in [2.45, 2.75) is 32.9 Å². The van der Waals surface area contributed by atoms with E-state index < -0.39 is 0 Å². The summed E-state index contributed by atoms with van der Waals surface area (Å²) in [6, 6.07) is 17.0. The number of aryl methyl sites for hydroxylation is 1. The number of nitrogens with one attached hydrogen (secondary N) is 2.